The molecule has 1 heteroatoms. The first-order valence-corrected chi connectivity index (χ1v) is 6.77. The fourth-order valence-corrected chi connectivity index (χ4v) is 2.25. The molecule has 104 valence electrons. The molecule has 0 aliphatic heterocycles. The van der Waals surface area contributed by atoms with Gasteiger partial charge in [-0.3, -0.25) is 0 Å². The Balaban J connectivity index is 2.61. The summed E-state index contributed by atoms with van der Waals surface area (Å²) >= 11 is 0. The normalized spacial score (nSPS) is 11.4. The highest BCUT2D eigenvalue weighted by molar-refractivity contribution is 5.81. The first-order valence-electron chi connectivity index (χ1n) is 6.77. The molecule has 0 amide bonds. The zero-order chi connectivity index (χ0) is 15.2. The highest BCUT2D eigenvalue weighted by Gasteiger charge is 2.04. The molecule has 0 saturated carbocycles. The van der Waals surface area contributed by atoms with Crippen LogP contribution in [0.4, 0.5) is 5.69 Å². The molecule has 0 unspecified atom stereocenters. The van der Waals surface area contributed by atoms with Crippen LogP contribution in [0.15, 0.2) is 68.3 Å². The summed E-state index contributed by atoms with van der Waals surface area (Å²) in [5.74, 6) is 0. The summed E-state index contributed by atoms with van der Waals surface area (Å²) in [6, 6.07) is 14.0. The van der Waals surface area contributed by atoms with E-state index in [2.05, 4.69) is 31.6 Å². The summed E-state index contributed by atoms with van der Waals surface area (Å²) in [7, 11) is 0. The van der Waals surface area contributed by atoms with Gasteiger partial charge in [-0.15, -0.1) is 0 Å². The molecule has 0 spiro atoms. The number of hydrogen-bond acceptors (Lipinski definition) is 1. The summed E-state index contributed by atoms with van der Waals surface area (Å²) in [6.07, 6.45) is 5.46. The molecule has 0 aliphatic rings. The van der Waals surface area contributed by atoms with E-state index >= 15 is 0 Å². The molecule has 1 nitrogen and oxygen atoms in total. The highest BCUT2D eigenvalue weighted by Crippen LogP contribution is 2.23. The zero-order valence-corrected chi connectivity index (χ0v) is 12.1. The molecule has 0 saturated heterocycles. The second-order valence-electron chi connectivity index (χ2n) is 4.62. The van der Waals surface area contributed by atoms with E-state index in [0.29, 0.717) is 0 Å². The Labute approximate surface area is 126 Å². The van der Waals surface area contributed by atoms with Crippen LogP contribution in [0, 0.1) is 0 Å². The lowest BCUT2D eigenvalue weighted by Gasteiger charge is -2.13. The molecule has 2 rings (SSSR count). The van der Waals surface area contributed by atoms with Gasteiger partial charge in [0.1, 0.15) is 0 Å². The monoisotopic (exact) mass is 273 g/mol. The Morgan fingerprint density at radius 1 is 0.905 bits per heavy atom. The number of rotatable bonds is 5. The standard InChI is InChI=1S/C20H19N/c1-5-16-12-10-14-20(17(16)6-2)21-19(7-3)18-13-9-8-11-15(18)4/h5-14,21H,1-4H2/b19-18+. The van der Waals surface area contributed by atoms with Crippen molar-refractivity contribution in [2.45, 2.75) is 0 Å². The number of anilines is 1. The Kier molecular flexibility index (Phi) is 4.57. The summed E-state index contributed by atoms with van der Waals surface area (Å²) in [4.78, 5) is 0. The van der Waals surface area contributed by atoms with Crippen molar-refractivity contribution in [1.82, 2.24) is 0 Å². The largest absolute Gasteiger partial charge is 0.355 e. The highest BCUT2D eigenvalue weighted by atomic mass is 14.9. The van der Waals surface area contributed by atoms with Crippen LogP contribution in [-0.4, -0.2) is 0 Å². The zero-order valence-electron chi connectivity index (χ0n) is 12.1. The maximum absolute atomic E-state index is 4.06. The molecule has 0 aliphatic carbocycles. The van der Waals surface area contributed by atoms with Gasteiger partial charge < -0.3 is 5.32 Å². The van der Waals surface area contributed by atoms with Crippen LogP contribution >= 0.6 is 0 Å². The van der Waals surface area contributed by atoms with Gasteiger partial charge in [0.05, 0.1) is 0 Å². The first-order chi connectivity index (χ1) is 10.2. The van der Waals surface area contributed by atoms with Gasteiger partial charge in [-0.05, 0) is 22.9 Å². The molecule has 2 aromatic rings. The summed E-state index contributed by atoms with van der Waals surface area (Å²) in [5.41, 5.74) is 3.96. The minimum absolute atomic E-state index is 0.921. The van der Waals surface area contributed by atoms with Gasteiger partial charge in [-0.1, -0.05) is 74.9 Å². The van der Waals surface area contributed by atoms with Crippen molar-refractivity contribution in [2.75, 3.05) is 5.32 Å². The average molecular weight is 273 g/mol. The van der Waals surface area contributed by atoms with Gasteiger partial charge in [0.15, 0.2) is 0 Å². The van der Waals surface area contributed by atoms with Gasteiger partial charge >= 0.3 is 0 Å². The molecule has 0 atom stereocenters. The Morgan fingerprint density at radius 3 is 2.29 bits per heavy atom. The molecule has 21 heavy (non-hydrogen) atoms. The Bertz CT molecular complexity index is 797. The van der Waals surface area contributed by atoms with E-state index in [1.807, 2.05) is 54.6 Å². The SMILES string of the molecule is C=C/C(Nc1cccc(C=C)c1C=C)=c1/ccccc1=C. The van der Waals surface area contributed by atoms with E-state index < -0.39 is 0 Å². The molecule has 0 aromatic heterocycles. The first kappa shape index (κ1) is 14.6. The molecular formula is C20H19N. The van der Waals surface area contributed by atoms with Gasteiger partial charge in [0, 0.05) is 22.2 Å². The van der Waals surface area contributed by atoms with Crippen molar-refractivity contribution in [3.63, 3.8) is 0 Å². The maximum Gasteiger partial charge on any atom is 0.0463 e. The van der Waals surface area contributed by atoms with Crippen molar-refractivity contribution in [3.05, 3.63) is 89.8 Å². The van der Waals surface area contributed by atoms with Crippen LogP contribution in [0.2, 0.25) is 0 Å². The smallest absolute Gasteiger partial charge is 0.0463 e. The molecule has 0 radical (unpaired) electrons. The van der Waals surface area contributed by atoms with Crippen LogP contribution < -0.4 is 15.8 Å². The van der Waals surface area contributed by atoms with Gasteiger partial charge in [0.2, 0.25) is 0 Å². The second kappa shape index (κ2) is 6.58. The lowest BCUT2D eigenvalue weighted by Crippen LogP contribution is -2.27. The molecule has 2 aromatic carbocycles. The minimum atomic E-state index is 0.921. The fraction of sp³-hybridized carbons (Fsp3) is 0. The predicted octanol–water partition coefficient (Wildman–Crippen LogP) is 3.79. The van der Waals surface area contributed by atoms with Crippen molar-refractivity contribution in [2.24, 2.45) is 0 Å². The quantitative estimate of drug-likeness (QED) is 0.874. The maximum atomic E-state index is 4.06. The van der Waals surface area contributed by atoms with Crippen molar-refractivity contribution >= 4 is 30.1 Å². The lowest BCUT2D eigenvalue weighted by molar-refractivity contribution is 1.46. The van der Waals surface area contributed by atoms with E-state index in [-0.39, 0.29) is 0 Å². The third-order valence-corrected chi connectivity index (χ3v) is 3.34. The number of hydrogen-bond donors (Lipinski definition) is 1. The van der Waals surface area contributed by atoms with Gasteiger partial charge in [-0.25, -0.2) is 0 Å². The number of nitrogens with one attached hydrogen (secondary N) is 1. The fourth-order valence-electron chi connectivity index (χ4n) is 2.25. The molecule has 0 fully saturated rings. The number of benzene rings is 2. The third kappa shape index (κ3) is 3.03. The Morgan fingerprint density at radius 2 is 1.67 bits per heavy atom. The van der Waals surface area contributed by atoms with E-state index in [1.165, 1.54) is 0 Å². The van der Waals surface area contributed by atoms with Crippen LogP contribution in [0.5, 0.6) is 0 Å². The van der Waals surface area contributed by atoms with E-state index in [1.54, 1.807) is 6.08 Å². The van der Waals surface area contributed by atoms with Crippen LogP contribution in [0.1, 0.15) is 11.1 Å². The molecular weight excluding hydrogens is 254 g/mol. The van der Waals surface area contributed by atoms with Crippen LogP contribution in [0.25, 0.3) is 24.4 Å². The lowest BCUT2D eigenvalue weighted by atomic mass is 10.0. The summed E-state index contributed by atoms with van der Waals surface area (Å²) < 4.78 is 0. The summed E-state index contributed by atoms with van der Waals surface area (Å²) in [5, 5.41) is 5.41. The van der Waals surface area contributed by atoms with E-state index in [0.717, 1.165) is 32.9 Å². The van der Waals surface area contributed by atoms with Crippen LogP contribution in [-0.2, 0) is 0 Å². The average Bonchev–Trinajstić information content (AvgIpc) is 2.52. The van der Waals surface area contributed by atoms with Crippen molar-refractivity contribution in [1.29, 1.82) is 0 Å². The molecule has 0 bridgehead atoms. The van der Waals surface area contributed by atoms with Gasteiger partial charge in [-0.2, -0.15) is 0 Å². The Hall–Kier alpha value is -2.80. The molecule has 0 heterocycles. The molecule has 1 N–H and O–H groups in total. The summed E-state index contributed by atoms with van der Waals surface area (Å²) in [6.45, 7) is 15.7. The third-order valence-electron chi connectivity index (χ3n) is 3.34. The minimum Gasteiger partial charge on any atom is -0.355 e. The van der Waals surface area contributed by atoms with Crippen LogP contribution in [0.3, 0.4) is 0 Å². The van der Waals surface area contributed by atoms with Crippen molar-refractivity contribution in [3.8, 4) is 0 Å². The van der Waals surface area contributed by atoms with Gasteiger partial charge in [0.25, 0.3) is 0 Å². The van der Waals surface area contributed by atoms with E-state index in [4.69, 9.17) is 0 Å². The predicted molar refractivity (Wildman–Crippen MR) is 95.1 cm³/mol. The van der Waals surface area contributed by atoms with Crippen molar-refractivity contribution < 1.29 is 0 Å². The topological polar surface area (TPSA) is 12.0 Å². The second-order valence-corrected chi connectivity index (χ2v) is 4.62. The van der Waals surface area contributed by atoms with E-state index in [9.17, 15) is 0 Å².